The van der Waals surface area contributed by atoms with E-state index in [4.69, 9.17) is 15.6 Å². The van der Waals surface area contributed by atoms with Gasteiger partial charge in [0.1, 0.15) is 6.04 Å². The van der Waals surface area contributed by atoms with Gasteiger partial charge in [-0.2, -0.15) is 0 Å². The number of piperidine rings is 1. The third kappa shape index (κ3) is 22.2. The van der Waals surface area contributed by atoms with Crippen LogP contribution in [0.3, 0.4) is 0 Å². The van der Waals surface area contributed by atoms with Gasteiger partial charge < -0.3 is 41.4 Å². The summed E-state index contributed by atoms with van der Waals surface area (Å²) in [5.74, 6) is 5.04. The number of imide groups is 1. The number of ether oxygens (including phenoxy) is 1. The van der Waals surface area contributed by atoms with Crippen molar-refractivity contribution >= 4 is 88.6 Å². The highest BCUT2D eigenvalue weighted by molar-refractivity contribution is 6.10. The van der Waals surface area contributed by atoms with Gasteiger partial charge in [-0.25, -0.2) is 0 Å². The number of Topliss-reactive ketones (excluding diaryl/α,β-unsaturated/α-hetero) is 4. The maximum atomic E-state index is 14.0. The average molecular weight is 1700 g/mol. The normalized spacial score (nSPS) is 22.4. The summed E-state index contributed by atoms with van der Waals surface area (Å²) < 4.78 is 7.73. The molecule has 3 amide bonds. The Morgan fingerprint density at radius 3 is 1.52 bits per heavy atom. The van der Waals surface area contributed by atoms with Crippen molar-refractivity contribution in [3.05, 3.63) is 199 Å². The monoisotopic (exact) mass is 1700 g/mol. The fraction of sp³-hybridized carbons (Fsp3) is 0.500. The van der Waals surface area contributed by atoms with Crippen molar-refractivity contribution < 1.29 is 38.3 Å². The highest BCUT2D eigenvalue weighted by Gasteiger charge is 2.48. The quantitative estimate of drug-likeness (QED) is 0.00836. The van der Waals surface area contributed by atoms with Crippen LogP contribution < -0.4 is 37.3 Å². The van der Waals surface area contributed by atoms with E-state index < -0.39 is 6.04 Å². The number of aryl methyl sites for hydroxylation is 1. The maximum absolute atomic E-state index is 14.0. The molecule has 11 aliphatic rings. The van der Waals surface area contributed by atoms with E-state index in [1.54, 1.807) is 0 Å². The predicted octanol–water partition coefficient (Wildman–Crippen LogP) is 17.1. The van der Waals surface area contributed by atoms with Crippen molar-refractivity contribution in [3.8, 4) is 22.3 Å². The zero-order valence-corrected chi connectivity index (χ0v) is 75.4. The second-order valence-electron chi connectivity index (χ2n) is 38.4. The average Bonchev–Trinajstić information content (AvgIpc) is 1.67. The number of carbonyl (C=O) groups excluding carboxylic acids is 7. The minimum Gasteiger partial charge on any atom is -0.382 e. The van der Waals surface area contributed by atoms with Gasteiger partial charge in [0.15, 0.2) is 23.1 Å². The largest absolute Gasteiger partial charge is 0.382 e. The third-order valence-corrected chi connectivity index (χ3v) is 29.4. The van der Waals surface area contributed by atoms with Crippen molar-refractivity contribution in [2.75, 3.05) is 89.5 Å². The second kappa shape index (κ2) is 41.8. The molecule has 6 saturated carbocycles. The summed E-state index contributed by atoms with van der Waals surface area (Å²) in [4.78, 5) is 100. The number of benzene rings is 5. The van der Waals surface area contributed by atoms with E-state index in [1.165, 1.54) is 80.6 Å². The number of aromatic nitrogens is 1. The highest BCUT2D eigenvalue weighted by atomic mass is 16.5. The molecule has 3 saturated heterocycles. The lowest BCUT2D eigenvalue weighted by atomic mass is 9.51. The number of allylic oxidation sites excluding steroid dienone is 9. The van der Waals surface area contributed by atoms with Crippen LogP contribution in [0.2, 0.25) is 0 Å². The molecule has 1 aromatic heterocycles. The Labute approximate surface area is 745 Å². The molecule has 2 unspecified atom stereocenters. The van der Waals surface area contributed by atoms with Gasteiger partial charge in [-0.05, 0) is 245 Å². The van der Waals surface area contributed by atoms with Gasteiger partial charge in [-0.15, -0.1) is 0 Å². The molecule has 2 atom stereocenters. The number of fused-ring (bicyclic) bond motifs is 1. The Morgan fingerprint density at radius 1 is 0.563 bits per heavy atom. The molecule has 666 valence electrons. The first kappa shape index (κ1) is 90.7. The molecule has 8 aliphatic carbocycles. The molecule has 6 aromatic rings. The first-order valence-corrected chi connectivity index (χ1v) is 47.2. The third-order valence-electron chi connectivity index (χ3n) is 29.4. The smallest absolute Gasteiger partial charge is 0.249 e. The van der Waals surface area contributed by atoms with Crippen LogP contribution in [0.5, 0.6) is 0 Å². The number of hydrogen-bond donors (Lipinski definition) is 7. The molecular formula is C106H134N12O8. The molecule has 4 bridgehead atoms. The lowest BCUT2D eigenvalue weighted by molar-refractivity contribution is -0.136. The van der Waals surface area contributed by atoms with Gasteiger partial charge in [0.2, 0.25) is 17.7 Å². The van der Waals surface area contributed by atoms with Crippen LogP contribution in [-0.2, 0) is 48.2 Å². The van der Waals surface area contributed by atoms with E-state index in [-0.39, 0.29) is 66.5 Å². The first-order chi connectivity index (χ1) is 61.0. The molecule has 3 aliphatic heterocycles. The molecule has 5 aromatic carbocycles. The van der Waals surface area contributed by atoms with Gasteiger partial charge in [0.05, 0.1) is 19.9 Å². The number of anilines is 2. The van der Waals surface area contributed by atoms with E-state index in [0.29, 0.717) is 92.2 Å². The Hall–Kier alpha value is -10.1. The van der Waals surface area contributed by atoms with Crippen LogP contribution in [0.25, 0.3) is 46.2 Å². The van der Waals surface area contributed by atoms with Crippen LogP contribution in [-0.4, -0.2) is 168 Å². The Morgan fingerprint density at radius 2 is 1.05 bits per heavy atom. The summed E-state index contributed by atoms with van der Waals surface area (Å²) in [6.07, 6.45) is 29.2. The van der Waals surface area contributed by atoms with E-state index in [9.17, 15) is 33.6 Å². The van der Waals surface area contributed by atoms with Gasteiger partial charge in [0, 0.05) is 196 Å². The molecule has 126 heavy (non-hydrogen) atoms. The Bertz CT molecular complexity index is 5300. The van der Waals surface area contributed by atoms with Gasteiger partial charge in [-0.1, -0.05) is 142 Å². The van der Waals surface area contributed by atoms with E-state index >= 15 is 0 Å². The van der Waals surface area contributed by atoms with Crippen LogP contribution in [0.15, 0.2) is 149 Å². The lowest BCUT2D eigenvalue weighted by Crippen LogP contribution is -2.49. The topological polar surface area (TPSA) is 254 Å². The van der Waals surface area contributed by atoms with Crippen LogP contribution in [0.4, 0.5) is 11.4 Å². The Balaban J connectivity index is 0.000000198. The molecule has 0 spiro atoms. The zero-order valence-electron chi connectivity index (χ0n) is 75.4. The van der Waals surface area contributed by atoms with E-state index in [2.05, 4.69) is 146 Å². The molecule has 9 fully saturated rings. The minimum atomic E-state index is -0.513. The summed E-state index contributed by atoms with van der Waals surface area (Å²) in [6, 6.07) is 31.6. The number of piperazine rings is 2. The molecular weight excluding hydrogens is 1570 g/mol. The number of rotatable bonds is 36. The summed E-state index contributed by atoms with van der Waals surface area (Å²) in [7, 11) is 0. The fourth-order valence-electron chi connectivity index (χ4n) is 22.5. The lowest BCUT2D eigenvalue weighted by Gasteiger charge is -2.55. The van der Waals surface area contributed by atoms with E-state index in [1.807, 2.05) is 62.6 Å². The summed E-state index contributed by atoms with van der Waals surface area (Å²) in [5.41, 5.74) is 18.3. The van der Waals surface area contributed by atoms with Crippen molar-refractivity contribution in [1.82, 2.24) is 40.1 Å². The van der Waals surface area contributed by atoms with Gasteiger partial charge in [-0.3, -0.25) is 58.5 Å². The number of nitrogens with one attached hydrogen (secondary N) is 7. The van der Waals surface area contributed by atoms with Crippen molar-refractivity contribution in [2.24, 2.45) is 35.5 Å². The SMILES string of the molecule is C=C(NCN1CCN(Cc2ccc(-c3cc(NC4CCCC4)c(C=N)c(C(=O)CCC4=C(C)C=C(C)CC4=O)c3)cc2)CC1)C(C)CC1C2CC3CC(C2)CC1C3.C=c1c2cccc(CCCOCCC(=O)NCN3CCN(Cc4ccc(-c5cc(NC6CCCC6)c(C=N)c(C(=O)CCC6=C(C)C=C(C)CC6=O)c5)cc4)CC3)c2c(=C)n1C1CCC(=O)NC1=O. The molecule has 20 nitrogen and oxygen atoms in total. The second-order valence-corrected chi connectivity index (χ2v) is 38.4. The minimum absolute atomic E-state index is 0.0217. The number of amides is 3. The van der Waals surface area contributed by atoms with Crippen LogP contribution in [0, 0.1) is 46.3 Å². The number of hydrogen-bond acceptors (Lipinski definition) is 17. The van der Waals surface area contributed by atoms with Gasteiger partial charge >= 0.3 is 0 Å². The molecule has 20 heteroatoms. The summed E-state index contributed by atoms with van der Waals surface area (Å²) in [5, 5.41) is 36.8. The first-order valence-electron chi connectivity index (χ1n) is 47.2. The van der Waals surface area contributed by atoms with Crippen molar-refractivity contribution in [1.29, 1.82) is 10.8 Å². The summed E-state index contributed by atoms with van der Waals surface area (Å²) in [6.45, 7) is 35.0. The number of nitrogens with zero attached hydrogens (tertiary/aromatic N) is 5. The molecule has 17 rings (SSSR count). The van der Waals surface area contributed by atoms with Crippen LogP contribution >= 0.6 is 0 Å². The predicted molar refractivity (Wildman–Crippen MR) is 506 cm³/mol. The summed E-state index contributed by atoms with van der Waals surface area (Å²) >= 11 is 0. The van der Waals surface area contributed by atoms with Crippen molar-refractivity contribution in [3.63, 3.8) is 0 Å². The van der Waals surface area contributed by atoms with Crippen molar-refractivity contribution in [2.45, 2.75) is 226 Å². The van der Waals surface area contributed by atoms with Crippen LogP contribution in [0.1, 0.15) is 243 Å². The molecule has 0 radical (unpaired) electrons. The van der Waals surface area contributed by atoms with E-state index in [0.717, 1.165) is 247 Å². The standard InChI is InChI=1S/C56H67N7O6.C50H67N5O2/c1-36-29-37(2)45(52(65)30-36)18-20-51(64)47-31-43(32-49(48(47)33-57)59-44-11-5-6-12-44)41-16-14-40(15-17-41)34-61-23-25-62(26-24-61)35-58-53(66)22-28-69-27-8-10-42-9-7-13-46-38(3)63(39(4)55(42)46)50-19-21-54(67)60-56(50)68;1-32-19-34(3)44(50(57)20-32)13-14-49(56)46-27-40(28-48(47(46)29-51)53-43-7-5-6-8-43)39-11-9-36(10-12-39)30-54-15-17-55(18-16-54)31-52-35(4)33(2)21-45-41-23-37-22-38(25-41)26-42(45)24-37/h7,9,13-17,29,31-33,44,50,57,59H,3-6,8,10-12,18-28,30,34-35H2,1-2H3,(H,58,66)(H,60,67,68);9-12,19,27-29,33,37-38,41-43,45,51-53H,4-8,13-18,20-26,30-31H2,1-3H3. The zero-order chi connectivity index (χ0) is 88.2. The maximum Gasteiger partial charge on any atom is 0.249 e. The molecule has 7 N–H and O–H groups in total. The number of carbonyl (C=O) groups is 7. The number of ketones is 4. The van der Waals surface area contributed by atoms with Gasteiger partial charge in [0.25, 0.3) is 0 Å². The highest BCUT2D eigenvalue weighted by Crippen LogP contribution is 2.58. The molecule has 4 heterocycles. The fourth-order valence-corrected chi connectivity index (χ4v) is 22.5. The Kier molecular flexibility index (Phi) is 30.1.